The van der Waals surface area contributed by atoms with Crippen LogP contribution in [0, 0.1) is 6.92 Å². The quantitative estimate of drug-likeness (QED) is 0.398. The highest BCUT2D eigenvalue weighted by Gasteiger charge is 2.31. The molecular formula is C30H24N2O5S. The number of fused-ring (bicyclic) bond motifs is 3. The Bertz CT molecular complexity index is 1620. The number of carbonyl (C=O) groups excluding carboxylic acids is 2. The van der Waals surface area contributed by atoms with Gasteiger partial charge in [0.25, 0.3) is 11.8 Å². The normalized spacial score (nSPS) is 15.4. The standard InChI is InChI=1S/C30H24N2O5S/c1-19-6-2-3-7-22(19)17-32-24-15-21(29(33)31-16-20-10-12-25-26(14-20)37-18-36-25)11-13-28(24)38(35)27-9-5-4-8-23(27)30(32)34/h2-15H,16-18H2,1H3,(H,31,33)/t38-/m1/s1. The largest absolute Gasteiger partial charge is 0.454 e. The second kappa shape index (κ2) is 9.79. The minimum Gasteiger partial charge on any atom is -0.454 e. The SMILES string of the molecule is Cc1ccccc1CN1C(=O)c2ccccc2[S@@](=O)c2ccc(C(=O)NCc3ccc4c(c3)OCO4)cc21. The Kier molecular flexibility index (Phi) is 6.17. The maximum absolute atomic E-state index is 13.8. The number of hydrogen-bond donors (Lipinski definition) is 1. The zero-order valence-corrected chi connectivity index (χ0v) is 21.4. The number of carbonyl (C=O) groups is 2. The van der Waals surface area contributed by atoms with Crippen molar-refractivity contribution < 1.29 is 23.3 Å². The lowest BCUT2D eigenvalue weighted by Crippen LogP contribution is -2.31. The highest BCUT2D eigenvalue weighted by molar-refractivity contribution is 7.85. The fraction of sp³-hybridized carbons (Fsp3) is 0.133. The molecule has 0 unspecified atom stereocenters. The van der Waals surface area contributed by atoms with Gasteiger partial charge in [0, 0.05) is 12.1 Å². The molecule has 0 bridgehead atoms. The monoisotopic (exact) mass is 524 g/mol. The zero-order valence-electron chi connectivity index (χ0n) is 20.6. The van der Waals surface area contributed by atoms with Crippen LogP contribution in [-0.2, 0) is 23.9 Å². The van der Waals surface area contributed by atoms with Crippen molar-refractivity contribution in [3.63, 3.8) is 0 Å². The lowest BCUT2D eigenvalue weighted by molar-refractivity contribution is 0.0947. The highest BCUT2D eigenvalue weighted by Crippen LogP contribution is 2.36. The van der Waals surface area contributed by atoms with Crippen LogP contribution in [0.2, 0.25) is 0 Å². The minimum atomic E-state index is -1.59. The second-order valence-electron chi connectivity index (χ2n) is 9.14. The van der Waals surface area contributed by atoms with E-state index in [9.17, 15) is 13.8 Å². The number of amides is 2. The molecular weight excluding hydrogens is 500 g/mol. The predicted molar refractivity (Wildman–Crippen MR) is 143 cm³/mol. The van der Waals surface area contributed by atoms with Crippen molar-refractivity contribution in [1.29, 1.82) is 0 Å². The number of aryl methyl sites for hydroxylation is 1. The Balaban J connectivity index is 1.35. The molecule has 0 spiro atoms. The maximum Gasteiger partial charge on any atom is 0.259 e. The van der Waals surface area contributed by atoms with Gasteiger partial charge < -0.3 is 19.7 Å². The van der Waals surface area contributed by atoms with Gasteiger partial charge in [-0.3, -0.25) is 9.59 Å². The zero-order chi connectivity index (χ0) is 26.2. The van der Waals surface area contributed by atoms with Crippen molar-refractivity contribution in [3.8, 4) is 11.5 Å². The first-order valence-corrected chi connectivity index (χ1v) is 13.3. The van der Waals surface area contributed by atoms with E-state index in [-0.39, 0.29) is 31.7 Å². The molecule has 38 heavy (non-hydrogen) atoms. The van der Waals surface area contributed by atoms with Gasteiger partial charge in [-0.1, -0.05) is 42.5 Å². The molecule has 0 saturated carbocycles. The van der Waals surface area contributed by atoms with Gasteiger partial charge in [0.05, 0.1) is 38.4 Å². The Morgan fingerprint density at radius 1 is 0.921 bits per heavy atom. The van der Waals surface area contributed by atoms with Crippen LogP contribution >= 0.6 is 0 Å². The lowest BCUT2D eigenvalue weighted by atomic mass is 10.1. The Hall–Kier alpha value is -4.43. The lowest BCUT2D eigenvalue weighted by Gasteiger charge is -2.24. The van der Waals surface area contributed by atoms with Crippen molar-refractivity contribution in [3.05, 3.63) is 113 Å². The van der Waals surface area contributed by atoms with E-state index in [0.29, 0.717) is 38.1 Å². The van der Waals surface area contributed by atoms with E-state index in [4.69, 9.17) is 9.47 Å². The van der Waals surface area contributed by atoms with E-state index < -0.39 is 10.8 Å². The first-order chi connectivity index (χ1) is 18.5. The van der Waals surface area contributed by atoms with Crippen LogP contribution in [0.3, 0.4) is 0 Å². The summed E-state index contributed by atoms with van der Waals surface area (Å²) in [6.07, 6.45) is 0. The van der Waals surface area contributed by atoms with Crippen LogP contribution in [-0.4, -0.2) is 22.8 Å². The van der Waals surface area contributed by atoms with E-state index in [1.807, 2.05) is 49.4 Å². The van der Waals surface area contributed by atoms with Gasteiger partial charge in [-0.15, -0.1) is 0 Å². The summed E-state index contributed by atoms with van der Waals surface area (Å²) in [5.41, 5.74) is 4.10. The van der Waals surface area contributed by atoms with E-state index >= 15 is 0 Å². The van der Waals surface area contributed by atoms with Gasteiger partial charge in [-0.05, 0) is 66.1 Å². The molecule has 0 fully saturated rings. The van der Waals surface area contributed by atoms with E-state index in [0.717, 1.165) is 16.7 Å². The molecule has 8 heteroatoms. The van der Waals surface area contributed by atoms with Gasteiger partial charge in [0.2, 0.25) is 6.79 Å². The number of hydrogen-bond acceptors (Lipinski definition) is 5. The number of nitrogens with one attached hydrogen (secondary N) is 1. The third-order valence-corrected chi connectivity index (χ3v) is 8.25. The van der Waals surface area contributed by atoms with E-state index in [2.05, 4.69) is 5.32 Å². The smallest absolute Gasteiger partial charge is 0.259 e. The average molecular weight is 525 g/mol. The molecule has 1 atom stereocenters. The molecule has 2 aliphatic heterocycles. The van der Waals surface area contributed by atoms with Gasteiger partial charge in [0.1, 0.15) is 0 Å². The van der Waals surface area contributed by atoms with Crippen molar-refractivity contribution in [2.75, 3.05) is 11.7 Å². The van der Waals surface area contributed by atoms with Crippen LogP contribution in [0.4, 0.5) is 5.69 Å². The van der Waals surface area contributed by atoms with Crippen LogP contribution in [0.15, 0.2) is 94.7 Å². The van der Waals surface area contributed by atoms with Crippen LogP contribution in [0.25, 0.3) is 0 Å². The van der Waals surface area contributed by atoms with Crippen molar-refractivity contribution in [2.45, 2.75) is 29.8 Å². The first-order valence-electron chi connectivity index (χ1n) is 12.2. The summed E-state index contributed by atoms with van der Waals surface area (Å²) in [4.78, 5) is 29.6. The molecule has 1 N–H and O–H groups in total. The summed E-state index contributed by atoms with van der Waals surface area (Å²) in [6.45, 7) is 2.75. The topological polar surface area (TPSA) is 84.9 Å². The maximum atomic E-state index is 13.8. The van der Waals surface area contributed by atoms with Gasteiger partial charge in [-0.2, -0.15) is 0 Å². The first kappa shape index (κ1) is 23.9. The predicted octanol–water partition coefficient (Wildman–Crippen LogP) is 4.98. The summed E-state index contributed by atoms with van der Waals surface area (Å²) in [5, 5.41) is 2.93. The summed E-state index contributed by atoms with van der Waals surface area (Å²) in [5.74, 6) is 0.766. The van der Waals surface area contributed by atoms with Crippen molar-refractivity contribution in [2.24, 2.45) is 0 Å². The van der Waals surface area contributed by atoms with Gasteiger partial charge in [-0.25, -0.2) is 4.21 Å². The highest BCUT2D eigenvalue weighted by atomic mass is 32.2. The molecule has 0 radical (unpaired) electrons. The molecule has 4 aromatic rings. The summed E-state index contributed by atoms with van der Waals surface area (Å²) in [6, 6.07) is 25.3. The minimum absolute atomic E-state index is 0.184. The molecule has 0 saturated heterocycles. The fourth-order valence-electron chi connectivity index (χ4n) is 4.65. The van der Waals surface area contributed by atoms with Crippen molar-refractivity contribution in [1.82, 2.24) is 5.32 Å². The molecule has 190 valence electrons. The molecule has 0 aromatic heterocycles. The Labute approximate surface area is 222 Å². The molecule has 7 nitrogen and oxygen atoms in total. The summed E-state index contributed by atoms with van der Waals surface area (Å²) >= 11 is 0. The number of ether oxygens (including phenoxy) is 2. The fourth-order valence-corrected chi connectivity index (χ4v) is 6.00. The molecule has 0 aliphatic carbocycles. The summed E-state index contributed by atoms with van der Waals surface area (Å²) in [7, 11) is -1.59. The number of benzene rings is 4. The van der Waals surface area contributed by atoms with Gasteiger partial charge >= 0.3 is 0 Å². The van der Waals surface area contributed by atoms with E-state index in [1.165, 1.54) is 0 Å². The Morgan fingerprint density at radius 3 is 2.58 bits per heavy atom. The Morgan fingerprint density at radius 2 is 1.71 bits per heavy atom. The van der Waals surface area contributed by atoms with E-state index in [1.54, 1.807) is 47.4 Å². The molecule has 2 heterocycles. The number of rotatable bonds is 5. The summed E-state index contributed by atoms with van der Waals surface area (Å²) < 4.78 is 24.4. The van der Waals surface area contributed by atoms with Gasteiger partial charge in [0.15, 0.2) is 11.5 Å². The molecule has 2 aliphatic rings. The molecule has 6 rings (SSSR count). The number of anilines is 1. The third-order valence-electron chi connectivity index (χ3n) is 6.75. The average Bonchev–Trinajstić information content (AvgIpc) is 3.40. The number of nitrogens with zero attached hydrogens (tertiary/aromatic N) is 1. The van der Waals surface area contributed by atoms with Crippen LogP contribution in [0.5, 0.6) is 11.5 Å². The molecule has 2 amide bonds. The van der Waals surface area contributed by atoms with Crippen molar-refractivity contribution >= 4 is 28.3 Å². The molecule has 4 aromatic carbocycles. The van der Waals surface area contributed by atoms with Crippen LogP contribution < -0.4 is 19.7 Å². The van der Waals surface area contributed by atoms with Crippen LogP contribution in [0.1, 0.15) is 37.4 Å². The second-order valence-corrected chi connectivity index (χ2v) is 10.6. The third kappa shape index (κ3) is 4.33.